The maximum atomic E-state index is 9.22. The van der Waals surface area contributed by atoms with Crippen LogP contribution in [0.5, 0.6) is 0 Å². The zero-order valence-electron chi connectivity index (χ0n) is 6.60. The molecule has 0 aromatic carbocycles. The Morgan fingerprint density at radius 2 is 2.58 bits per heavy atom. The third-order valence-electron chi connectivity index (χ3n) is 2.00. The standard InChI is InChI=1S/C8H10N2OS/c11-8-2-1-6(4-8)3-7-5-12-10-9-7/h4-5,8,11H,1-3H2. The Hall–Kier alpha value is -0.740. The molecule has 0 saturated carbocycles. The van der Waals surface area contributed by atoms with Gasteiger partial charge in [-0.2, -0.15) is 0 Å². The molecule has 1 unspecified atom stereocenters. The average molecular weight is 182 g/mol. The number of hydrogen-bond donors (Lipinski definition) is 1. The predicted molar refractivity (Wildman–Crippen MR) is 46.9 cm³/mol. The van der Waals surface area contributed by atoms with Gasteiger partial charge in [0.1, 0.15) is 0 Å². The number of nitrogens with zero attached hydrogens (tertiary/aromatic N) is 2. The first-order valence-corrected chi connectivity index (χ1v) is 4.82. The fraction of sp³-hybridized carbons (Fsp3) is 0.500. The zero-order chi connectivity index (χ0) is 8.39. The second-order valence-electron chi connectivity index (χ2n) is 3.00. The van der Waals surface area contributed by atoms with E-state index in [2.05, 4.69) is 9.59 Å². The number of aliphatic hydroxyl groups is 1. The Balaban J connectivity index is 2.00. The van der Waals surface area contributed by atoms with Gasteiger partial charge < -0.3 is 5.11 Å². The molecule has 1 aliphatic carbocycles. The van der Waals surface area contributed by atoms with Gasteiger partial charge in [-0.1, -0.05) is 16.1 Å². The Labute approximate surface area is 74.9 Å². The Morgan fingerprint density at radius 1 is 1.67 bits per heavy atom. The molecule has 0 aliphatic heterocycles. The van der Waals surface area contributed by atoms with Crippen molar-refractivity contribution in [3.8, 4) is 0 Å². The van der Waals surface area contributed by atoms with Crippen LogP contribution in [0.4, 0.5) is 0 Å². The minimum atomic E-state index is -0.230. The lowest BCUT2D eigenvalue weighted by Crippen LogP contribution is -1.93. The van der Waals surface area contributed by atoms with Crippen LogP contribution in [0.1, 0.15) is 18.5 Å². The van der Waals surface area contributed by atoms with Gasteiger partial charge >= 0.3 is 0 Å². The van der Waals surface area contributed by atoms with Crippen molar-refractivity contribution < 1.29 is 5.11 Å². The van der Waals surface area contributed by atoms with Gasteiger partial charge in [-0.15, -0.1) is 5.10 Å². The normalized spacial score (nSPS) is 22.8. The third-order valence-corrected chi connectivity index (χ3v) is 2.56. The van der Waals surface area contributed by atoms with E-state index in [9.17, 15) is 5.11 Å². The van der Waals surface area contributed by atoms with Gasteiger partial charge in [0.2, 0.25) is 0 Å². The molecule has 1 aromatic rings. The highest BCUT2D eigenvalue weighted by atomic mass is 32.1. The molecule has 4 heteroatoms. The fourth-order valence-electron chi connectivity index (χ4n) is 1.41. The summed E-state index contributed by atoms with van der Waals surface area (Å²) in [4.78, 5) is 0. The van der Waals surface area contributed by atoms with E-state index in [-0.39, 0.29) is 6.10 Å². The van der Waals surface area contributed by atoms with Crippen molar-refractivity contribution in [3.05, 3.63) is 22.7 Å². The zero-order valence-corrected chi connectivity index (χ0v) is 7.42. The van der Waals surface area contributed by atoms with Gasteiger partial charge in [-0.05, 0) is 24.4 Å². The van der Waals surface area contributed by atoms with Gasteiger partial charge in [0.05, 0.1) is 11.8 Å². The lowest BCUT2D eigenvalue weighted by atomic mass is 10.1. The van der Waals surface area contributed by atoms with Crippen molar-refractivity contribution in [2.75, 3.05) is 0 Å². The summed E-state index contributed by atoms with van der Waals surface area (Å²) in [6.45, 7) is 0. The van der Waals surface area contributed by atoms with E-state index < -0.39 is 0 Å². The summed E-state index contributed by atoms with van der Waals surface area (Å²) in [6.07, 6.45) is 4.42. The second kappa shape index (κ2) is 3.33. The van der Waals surface area contributed by atoms with Gasteiger partial charge in [0, 0.05) is 11.8 Å². The summed E-state index contributed by atoms with van der Waals surface area (Å²) in [5.41, 5.74) is 2.30. The van der Waals surface area contributed by atoms with Crippen LogP contribution in [0.15, 0.2) is 17.0 Å². The number of rotatable bonds is 2. The van der Waals surface area contributed by atoms with Crippen molar-refractivity contribution in [3.63, 3.8) is 0 Å². The molecule has 1 aromatic heterocycles. The summed E-state index contributed by atoms with van der Waals surface area (Å²) < 4.78 is 3.79. The van der Waals surface area contributed by atoms with Crippen molar-refractivity contribution in [2.24, 2.45) is 0 Å². The molecule has 64 valence electrons. The molecule has 0 spiro atoms. The lowest BCUT2D eigenvalue weighted by Gasteiger charge is -1.94. The molecule has 1 aliphatic rings. The first kappa shape index (κ1) is 7.89. The fourth-order valence-corrected chi connectivity index (χ4v) is 1.86. The third kappa shape index (κ3) is 1.70. The van der Waals surface area contributed by atoms with Crippen LogP contribution in [-0.4, -0.2) is 20.8 Å². The van der Waals surface area contributed by atoms with E-state index >= 15 is 0 Å². The molecule has 1 N–H and O–H groups in total. The maximum absolute atomic E-state index is 9.22. The monoisotopic (exact) mass is 182 g/mol. The van der Waals surface area contributed by atoms with E-state index in [4.69, 9.17) is 0 Å². The Morgan fingerprint density at radius 3 is 3.17 bits per heavy atom. The molecule has 2 rings (SSSR count). The molecular formula is C8H10N2OS. The Bertz CT molecular complexity index is 281. The van der Waals surface area contributed by atoms with E-state index in [0.717, 1.165) is 25.0 Å². The molecule has 0 bridgehead atoms. The first-order valence-electron chi connectivity index (χ1n) is 3.98. The van der Waals surface area contributed by atoms with Crippen LogP contribution in [-0.2, 0) is 6.42 Å². The summed E-state index contributed by atoms with van der Waals surface area (Å²) in [5, 5.41) is 15.1. The second-order valence-corrected chi connectivity index (χ2v) is 3.61. The minimum Gasteiger partial charge on any atom is -0.389 e. The van der Waals surface area contributed by atoms with Crippen LogP contribution < -0.4 is 0 Å². The molecule has 3 nitrogen and oxygen atoms in total. The maximum Gasteiger partial charge on any atom is 0.0795 e. The predicted octanol–water partition coefficient (Wildman–Crippen LogP) is 1.16. The molecule has 12 heavy (non-hydrogen) atoms. The number of hydrogen-bond acceptors (Lipinski definition) is 4. The van der Waals surface area contributed by atoms with Crippen molar-refractivity contribution >= 4 is 11.5 Å². The van der Waals surface area contributed by atoms with Crippen LogP contribution in [0.2, 0.25) is 0 Å². The minimum absolute atomic E-state index is 0.230. The van der Waals surface area contributed by atoms with Crippen LogP contribution >= 0.6 is 11.5 Å². The van der Waals surface area contributed by atoms with Gasteiger partial charge in [-0.25, -0.2) is 0 Å². The van der Waals surface area contributed by atoms with E-state index in [0.29, 0.717) is 0 Å². The van der Waals surface area contributed by atoms with E-state index in [1.54, 1.807) is 0 Å². The van der Waals surface area contributed by atoms with Crippen molar-refractivity contribution in [2.45, 2.75) is 25.4 Å². The number of allylic oxidation sites excluding steroid dienone is 1. The highest BCUT2D eigenvalue weighted by Gasteiger charge is 2.13. The smallest absolute Gasteiger partial charge is 0.0795 e. The van der Waals surface area contributed by atoms with E-state index in [1.807, 2.05) is 11.5 Å². The van der Waals surface area contributed by atoms with Crippen molar-refractivity contribution in [1.29, 1.82) is 0 Å². The molecule has 1 heterocycles. The quantitative estimate of drug-likeness (QED) is 0.698. The van der Waals surface area contributed by atoms with Crippen LogP contribution in [0.3, 0.4) is 0 Å². The highest BCUT2D eigenvalue weighted by Crippen LogP contribution is 2.21. The average Bonchev–Trinajstić information content (AvgIpc) is 2.63. The first-order chi connectivity index (χ1) is 5.84. The largest absolute Gasteiger partial charge is 0.389 e. The lowest BCUT2D eigenvalue weighted by molar-refractivity contribution is 0.223. The van der Waals surface area contributed by atoms with Crippen LogP contribution in [0.25, 0.3) is 0 Å². The summed E-state index contributed by atoms with van der Waals surface area (Å²) >= 11 is 1.37. The molecule has 0 fully saturated rings. The summed E-state index contributed by atoms with van der Waals surface area (Å²) in [6, 6.07) is 0. The molecule has 0 amide bonds. The Kier molecular flexibility index (Phi) is 2.19. The summed E-state index contributed by atoms with van der Waals surface area (Å²) in [7, 11) is 0. The van der Waals surface area contributed by atoms with Gasteiger partial charge in [0.25, 0.3) is 0 Å². The van der Waals surface area contributed by atoms with Gasteiger partial charge in [0.15, 0.2) is 0 Å². The van der Waals surface area contributed by atoms with Gasteiger partial charge in [-0.3, -0.25) is 0 Å². The molecule has 0 saturated heterocycles. The molecule has 1 atom stereocenters. The molecule has 0 radical (unpaired) electrons. The molecular weight excluding hydrogens is 172 g/mol. The highest BCUT2D eigenvalue weighted by molar-refractivity contribution is 7.03. The number of aromatic nitrogens is 2. The number of aliphatic hydroxyl groups excluding tert-OH is 1. The van der Waals surface area contributed by atoms with E-state index in [1.165, 1.54) is 17.1 Å². The topological polar surface area (TPSA) is 46.0 Å². The van der Waals surface area contributed by atoms with Crippen LogP contribution in [0, 0.1) is 0 Å². The van der Waals surface area contributed by atoms with Crippen molar-refractivity contribution in [1.82, 2.24) is 9.59 Å². The summed E-state index contributed by atoms with van der Waals surface area (Å²) in [5.74, 6) is 0. The SMILES string of the molecule is OC1C=C(Cc2csnn2)CC1.